The minimum absolute atomic E-state index is 0.437. The third-order valence-electron chi connectivity index (χ3n) is 3.67. The molecule has 0 saturated heterocycles. The Hall–Kier alpha value is -2.96. The summed E-state index contributed by atoms with van der Waals surface area (Å²) in [6.07, 6.45) is 1.45. The van der Waals surface area contributed by atoms with E-state index in [1.54, 1.807) is 4.68 Å². The lowest BCUT2D eigenvalue weighted by Crippen LogP contribution is -1.95. The smallest absolute Gasteiger partial charge is 0.163 e. The van der Waals surface area contributed by atoms with Gasteiger partial charge in [0, 0.05) is 23.7 Å². The van der Waals surface area contributed by atoms with Crippen LogP contribution in [0.2, 0.25) is 0 Å². The largest absolute Gasteiger partial charge is 0.383 e. The van der Waals surface area contributed by atoms with Crippen molar-refractivity contribution in [3.05, 3.63) is 30.2 Å². The van der Waals surface area contributed by atoms with Crippen LogP contribution in [-0.4, -0.2) is 29.9 Å². The number of nitrogens with two attached hydrogens (primary N) is 1. The SMILES string of the molecule is Cc1[nH]nc2ccc(-c3nn(C)c4ncnc(N)c34)cc12. The Morgan fingerprint density at radius 2 is 2.10 bits per heavy atom. The first-order valence-corrected chi connectivity index (χ1v) is 6.53. The van der Waals surface area contributed by atoms with Crippen molar-refractivity contribution in [3.8, 4) is 11.3 Å². The maximum atomic E-state index is 6.01. The zero-order valence-corrected chi connectivity index (χ0v) is 11.6. The van der Waals surface area contributed by atoms with Crippen LogP contribution >= 0.6 is 0 Å². The molecule has 3 heterocycles. The number of benzene rings is 1. The van der Waals surface area contributed by atoms with Gasteiger partial charge in [-0.15, -0.1) is 0 Å². The summed E-state index contributed by atoms with van der Waals surface area (Å²) >= 11 is 0. The van der Waals surface area contributed by atoms with Crippen LogP contribution in [0.25, 0.3) is 33.2 Å². The average molecular weight is 279 g/mol. The predicted molar refractivity (Wildman–Crippen MR) is 80.5 cm³/mol. The quantitative estimate of drug-likeness (QED) is 0.553. The minimum Gasteiger partial charge on any atom is -0.383 e. The molecule has 0 bridgehead atoms. The van der Waals surface area contributed by atoms with Crippen molar-refractivity contribution in [2.45, 2.75) is 6.92 Å². The highest BCUT2D eigenvalue weighted by Crippen LogP contribution is 2.31. The Labute approximate surface area is 119 Å². The Morgan fingerprint density at radius 1 is 1.24 bits per heavy atom. The van der Waals surface area contributed by atoms with E-state index in [9.17, 15) is 0 Å². The monoisotopic (exact) mass is 279 g/mol. The fourth-order valence-electron chi connectivity index (χ4n) is 2.60. The summed E-state index contributed by atoms with van der Waals surface area (Å²) in [7, 11) is 1.85. The lowest BCUT2D eigenvalue weighted by molar-refractivity contribution is 0.789. The number of nitrogens with one attached hydrogen (secondary N) is 1. The fraction of sp³-hybridized carbons (Fsp3) is 0.143. The van der Waals surface area contributed by atoms with Gasteiger partial charge in [0.25, 0.3) is 0 Å². The van der Waals surface area contributed by atoms with E-state index in [0.29, 0.717) is 5.82 Å². The number of aromatic amines is 1. The predicted octanol–water partition coefficient (Wildman–Crippen LogP) is 1.80. The molecule has 104 valence electrons. The van der Waals surface area contributed by atoms with Crippen LogP contribution in [0.5, 0.6) is 0 Å². The summed E-state index contributed by atoms with van der Waals surface area (Å²) in [4.78, 5) is 8.32. The van der Waals surface area contributed by atoms with Crippen LogP contribution in [0.1, 0.15) is 5.69 Å². The minimum atomic E-state index is 0.437. The summed E-state index contributed by atoms with van der Waals surface area (Å²) in [5.74, 6) is 0.437. The molecular formula is C14H13N7. The van der Waals surface area contributed by atoms with E-state index < -0.39 is 0 Å². The highest BCUT2D eigenvalue weighted by molar-refractivity contribution is 6.00. The molecule has 0 fully saturated rings. The number of anilines is 1. The maximum Gasteiger partial charge on any atom is 0.163 e. The Kier molecular flexibility index (Phi) is 2.26. The molecule has 0 aliphatic rings. The van der Waals surface area contributed by atoms with Gasteiger partial charge in [-0.1, -0.05) is 6.07 Å². The van der Waals surface area contributed by atoms with Gasteiger partial charge in [-0.05, 0) is 19.1 Å². The molecule has 0 saturated carbocycles. The topological polar surface area (TPSA) is 98.3 Å². The molecule has 0 amide bonds. The molecule has 4 aromatic rings. The van der Waals surface area contributed by atoms with Crippen molar-refractivity contribution >= 4 is 27.8 Å². The van der Waals surface area contributed by atoms with Crippen LogP contribution in [0, 0.1) is 6.92 Å². The van der Waals surface area contributed by atoms with Gasteiger partial charge in [0.05, 0.1) is 10.9 Å². The standard InChI is InChI=1S/C14H13N7/c1-7-9-5-8(3-4-10(9)19-18-7)12-11-13(15)16-6-17-14(11)21(2)20-12/h3-6H,1-2H3,(H,18,19)(H2,15,16,17). The molecule has 0 aliphatic heterocycles. The summed E-state index contributed by atoms with van der Waals surface area (Å²) in [6.45, 7) is 1.99. The van der Waals surface area contributed by atoms with E-state index in [2.05, 4.69) is 31.3 Å². The summed E-state index contributed by atoms with van der Waals surface area (Å²) in [6, 6.07) is 6.01. The molecule has 3 aromatic heterocycles. The third-order valence-corrected chi connectivity index (χ3v) is 3.67. The molecule has 0 unspecified atom stereocenters. The zero-order valence-electron chi connectivity index (χ0n) is 11.6. The molecule has 0 spiro atoms. The first-order chi connectivity index (χ1) is 10.1. The second-order valence-corrected chi connectivity index (χ2v) is 5.01. The number of nitrogens with zero attached hydrogens (tertiary/aromatic N) is 5. The Balaban J connectivity index is 2.06. The van der Waals surface area contributed by atoms with Gasteiger partial charge < -0.3 is 5.73 Å². The van der Waals surface area contributed by atoms with E-state index in [1.807, 2.05) is 26.1 Å². The van der Waals surface area contributed by atoms with Crippen molar-refractivity contribution in [2.75, 3.05) is 5.73 Å². The molecule has 21 heavy (non-hydrogen) atoms. The van der Waals surface area contributed by atoms with Gasteiger partial charge in [0.2, 0.25) is 0 Å². The number of H-pyrrole nitrogens is 1. The van der Waals surface area contributed by atoms with Crippen molar-refractivity contribution in [1.29, 1.82) is 0 Å². The van der Waals surface area contributed by atoms with Crippen LogP contribution in [0.3, 0.4) is 0 Å². The summed E-state index contributed by atoms with van der Waals surface area (Å²) in [5.41, 5.74) is 10.4. The van der Waals surface area contributed by atoms with E-state index in [4.69, 9.17) is 5.73 Å². The zero-order chi connectivity index (χ0) is 14.6. The molecule has 0 atom stereocenters. The molecular weight excluding hydrogens is 266 g/mol. The number of aromatic nitrogens is 6. The van der Waals surface area contributed by atoms with Crippen LogP contribution in [0.4, 0.5) is 5.82 Å². The van der Waals surface area contributed by atoms with Gasteiger partial charge >= 0.3 is 0 Å². The van der Waals surface area contributed by atoms with Crippen LogP contribution in [0.15, 0.2) is 24.5 Å². The second kappa shape index (κ2) is 4.02. The number of rotatable bonds is 1. The van der Waals surface area contributed by atoms with Gasteiger partial charge in [-0.25, -0.2) is 14.6 Å². The van der Waals surface area contributed by atoms with Crippen molar-refractivity contribution < 1.29 is 0 Å². The molecule has 4 rings (SSSR count). The van der Waals surface area contributed by atoms with Gasteiger partial charge in [0.15, 0.2) is 5.65 Å². The normalized spacial score (nSPS) is 11.5. The fourth-order valence-corrected chi connectivity index (χ4v) is 2.60. The van der Waals surface area contributed by atoms with E-state index >= 15 is 0 Å². The molecule has 0 radical (unpaired) electrons. The molecule has 0 aliphatic carbocycles. The molecule has 3 N–H and O–H groups in total. The molecule has 7 nitrogen and oxygen atoms in total. The lowest BCUT2D eigenvalue weighted by atomic mass is 10.1. The average Bonchev–Trinajstić information content (AvgIpc) is 3.02. The summed E-state index contributed by atoms with van der Waals surface area (Å²) in [5, 5.41) is 13.6. The Bertz CT molecular complexity index is 980. The van der Waals surface area contributed by atoms with Gasteiger partial charge in [0.1, 0.15) is 17.8 Å². The maximum absolute atomic E-state index is 6.01. The van der Waals surface area contributed by atoms with E-state index in [1.165, 1.54) is 6.33 Å². The second-order valence-electron chi connectivity index (χ2n) is 5.01. The highest BCUT2D eigenvalue weighted by Gasteiger charge is 2.16. The van der Waals surface area contributed by atoms with Gasteiger partial charge in [-0.3, -0.25) is 5.10 Å². The lowest BCUT2D eigenvalue weighted by Gasteiger charge is -2.00. The van der Waals surface area contributed by atoms with Crippen LogP contribution < -0.4 is 5.73 Å². The molecule has 7 heteroatoms. The van der Waals surface area contributed by atoms with Crippen molar-refractivity contribution in [2.24, 2.45) is 7.05 Å². The van der Waals surface area contributed by atoms with Crippen LogP contribution in [-0.2, 0) is 7.05 Å². The Morgan fingerprint density at radius 3 is 2.95 bits per heavy atom. The number of hydrogen-bond acceptors (Lipinski definition) is 5. The third kappa shape index (κ3) is 1.60. The molecule has 1 aromatic carbocycles. The first-order valence-electron chi connectivity index (χ1n) is 6.53. The number of nitrogen functional groups attached to an aromatic ring is 1. The van der Waals surface area contributed by atoms with Gasteiger partial charge in [-0.2, -0.15) is 10.2 Å². The van der Waals surface area contributed by atoms with Crippen molar-refractivity contribution in [1.82, 2.24) is 29.9 Å². The number of hydrogen-bond donors (Lipinski definition) is 2. The first kappa shape index (κ1) is 11.8. The number of fused-ring (bicyclic) bond motifs is 2. The van der Waals surface area contributed by atoms with E-state index in [0.717, 1.165) is 38.9 Å². The van der Waals surface area contributed by atoms with E-state index in [-0.39, 0.29) is 0 Å². The highest BCUT2D eigenvalue weighted by atomic mass is 15.3. The number of aryl methyl sites for hydroxylation is 2. The van der Waals surface area contributed by atoms with Crippen molar-refractivity contribution in [3.63, 3.8) is 0 Å². The summed E-state index contributed by atoms with van der Waals surface area (Å²) < 4.78 is 1.72.